The highest BCUT2D eigenvalue weighted by atomic mass is 16.3. The van der Waals surface area contributed by atoms with Crippen LogP contribution in [0.25, 0.3) is 0 Å². The van der Waals surface area contributed by atoms with Gasteiger partial charge in [-0.15, -0.1) is 0 Å². The summed E-state index contributed by atoms with van der Waals surface area (Å²) in [5.74, 6) is -0.488. The minimum absolute atomic E-state index is 0.0309. The van der Waals surface area contributed by atoms with Gasteiger partial charge in [-0.3, -0.25) is 9.78 Å². The van der Waals surface area contributed by atoms with Gasteiger partial charge in [0.1, 0.15) is 5.75 Å². The van der Waals surface area contributed by atoms with E-state index in [1.54, 1.807) is 37.5 Å². The fourth-order valence-corrected chi connectivity index (χ4v) is 1.52. The van der Waals surface area contributed by atoms with Gasteiger partial charge in [-0.25, -0.2) is 5.43 Å². The number of amides is 1. The standard InChI is InChI=1S/C14H13N3O2/c1-10-4-2-6-12(13(10)18)14(19)17-16-9-11-5-3-7-15-8-11/h2-9,18H,1H3,(H,17,19). The SMILES string of the molecule is Cc1cccc(C(=O)NN=Cc2cccnc2)c1O. The first-order valence-corrected chi connectivity index (χ1v) is 5.70. The molecule has 0 aliphatic carbocycles. The Kier molecular flexibility index (Phi) is 3.87. The van der Waals surface area contributed by atoms with E-state index in [0.717, 1.165) is 5.56 Å². The lowest BCUT2D eigenvalue weighted by atomic mass is 10.1. The molecule has 5 heteroatoms. The molecule has 0 bridgehead atoms. The van der Waals surface area contributed by atoms with Crippen LogP contribution in [0.2, 0.25) is 0 Å². The van der Waals surface area contributed by atoms with Crippen LogP contribution in [0.15, 0.2) is 47.8 Å². The van der Waals surface area contributed by atoms with Gasteiger partial charge >= 0.3 is 0 Å². The van der Waals surface area contributed by atoms with Gasteiger partial charge < -0.3 is 5.11 Å². The monoisotopic (exact) mass is 255 g/mol. The van der Waals surface area contributed by atoms with Gasteiger partial charge in [0.25, 0.3) is 5.91 Å². The van der Waals surface area contributed by atoms with Crippen molar-refractivity contribution >= 4 is 12.1 Å². The first-order valence-electron chi connectivity index (χ1n) is 5.70. The van der Waals surface area contributed by atoms with Crippen molar-refractivity contribution in [1.29, 1.82) is 0 Å². The molecular weight excluding hydrogens is 242 g/mol. The Morgan fingerprint density at radius 3 is 2.95 bits per heavy atom. The molecule has 0 saturated heterocycles. The Morgan fingerprint density at radius 1 is 1.37 bits per heavy atom. The van der Waals surface area contributed by atoms with Crippen LogP contribution in [-0.2, 0) is 0 Å². The Bertz CT molecular complexity index is 609. The largest absolute Gasteiger partial charge is 0.507 e. The van der Waals surface area contributed by atoms with Crippen LogP contribution in [0.3, 0.4) is 0 Å². The van der Waals surface area contributed by atoms with Crippen LogP contribution in [0.1, 0.15) is 21.5 Å². The number of rotatable bonds is 3. The molecule has 2 rings (SSSR count). The number of benzene rings is 1. The van der Waals surface area contributed by atoms with Crippen LogP contribution in [-0.4, -0.2) is 22.2 Å². The molecule has 2 aromatic rings. The molecule has 2 N–H and O–H groups in total. The van der Waals surface area contributed by atoms with Crippen LogP contribution in [0.5, 0.6) is 5.75 Å². The number of hydrogen-bond acceptors (Lipinski definition) is 4. The normalized spacial score (nSPS) is 10.6. The number of aromatic nitrogens is 1. The summed E-state index contributed by atoms with van der Waals surface area (Å²) in [7, 11) is 0. The van der Waals surface area contributed by atoms with E-state index >= 15 is 0 Å². The summed E-state index contributed by atoms with van der Waals surface area (Å²) in [4.78, 5) is 15.7. The summed E-state index contributed by atoms with van der Waals surface area (Å²) in [6.07, 6.45) is 4.76. The predicted octanol–water partition coefficient (Wildman–Crippen LogP) is 1.86. The van der Waals surface area contributed by atoms with E-state index in [9.17, 15) is 9.90 Å². The minimum Gasteiger partial charge on any atom is -0.507 e. The average Bonchev–Trinajstić information content (AvgIpc) is 2.43. The van der Waals surface area contributed by atoms with Crippen LogP contribution >= 0.6 is 0 Å². The zero-order valence-corrected chi connectivity index (χ0v) is 10.4. The Morgan fingerprint density at radius 2 is 2.21 bits per heavy atom. The number of aryl methyl sites for hydroxylation is 1. The summed E-state index contributed by atoms with van der Waals surface area (Å²) >= 11 is 0. The summed E-state index contributed by atoms with van der Waals surface area (Å²) in [6.45, 7) is 1.73. The van der Waals surface area contributed by atoms with Crippen molar-refractivity contribution in [2.45, 2.75) is 6.92 Å². The molecule has 5 nitrogen and oxygen atoms in total. The van der Waals surface area contributed by atoms with E-state index in [1.165, 1.54) is 12.3 Å². The number of carbonyl (C=O) groups excluding carboxylic acids is 1. The molecular formula is C14H13N3O2. The van der Waals surface area contributed by atoms with Gasteiger partial charge in [-0.05, 0) is 24.6 Å². The maximum atomic E-state index is 11.8. The van der Waals surface area contributed by atoms with Crippen molar-refractivity contribution in [2.75, 3.05) is 0 Å². The van der Waals surface area contributed by atoms with Gasteiger partial charge in [-0.1, -0.05) is 18.2 Å². The molecule has 0 aliphatic rings. The number of nitrogens with zero attached hydrogens (tertiary/aromatic N) is 2. The molecule has 0 aliphatic heterocycles. The molecule has 0 atom stereocenters. The smallest absolute Gasteiger partial charge is 0.275 e. The number of phenolic OH excluding ortho intramolecular Hbond substituents is 1. The molecule has 1 amide bonds. The second-order valence-electron chi connectivity index (χ2n) is 3.96. The van der Waals surface area contributed by atoms with Crippen molar-refractivity contribution in [3.63, 3.8) is 0 Å². The Hall–Kier alpha value is -2.69. The Labute approximate surface area is 110 Å². The van der Waals surface area contributed by atoms with Gasteiger partial charge in [0.15, 0.2) is 0 Å². The van der Waals surface area contributed by atoms with Crippen molar-refractivity contribution in [3.05, 3.63) is 59.4 Å². The van der Waals surface area contributed by atoms with E-state index in [2.05, 4.69) is 15.5 Å². The molecule has 1 aromatic heterocycles. The van der Waals surface area contributed by atoms with Gasteiger partial charge in [-0.2, -0.15) is 5.10 Å². The fraction of sp³-hybridized carbons (Fsp3) is 0.0714. The number of nitrogens with one attached hydrogen (secondary N) is 1. The topological polar surface area (TPSA) is 74.6 Å². The van der Waals surface area contributed by atoms with Crippen molar-refractivity contribution in [1.82, 2.24) is 10.4 Å². The zero-order chi connectivity index (χ0) is 13.7. The third-order valence-electron chi connectivity index (χ3n) is 2.55. The van der Waals surface area contributed by atoms with E-state index in [-0.39, 0.29) is 11.3 Å². The molecule has 0 saturated carbocycles. The predicted molar refractivity (Wildman–Crippen MR) is 72.1 cm³/mol. The van der Waals surface area contributed by atoms with Gasteiger partial charge in [0.05, 0.1) is 11.8 Å². The highest BCUT2D eigenvalue weighted by Gasteiger charge is 2.11. The molecule has 0 unspecified atom stereocenters. The molecule has 19 heavy (non-hydrogen) atoms. The first kappa shape index (κ1) is 12.8. The number of hydrogen-bond donors (Lipinski definition) is 2. The number of carbonyl (C=O) groups is 1. The van der Waals surface area contributed by atoms with Crippen molar-refractivity contribution < 1.29 is 9.90 Å². The summed E-state index contributed by atoms with van der Waals surface area (Å²) < 4.78 is 0. The maximum absolute atomic E-state index is 11.8. The Balaban J connectivity index is 2.06. The van der Waals surface area contributed by atoms with Crippen LogP contribution in [0, 0.1) is 6.92 Å². The van der Waals surface area contributed by atoms with E-state index in [0.29, 0.717) is 5.56 Å². The summed E-state index contributed by atoms with van der Waals surface area (Å²) in [5.41, 5.74) is 3.97. The van der Waals surface area contributed by atoms with E-state index in [1.807, 2.05) is 6.07 Å². The van der Waals surface area contributed by atoms with E-state index < -0.39 is 5.91 Å². The molecule has 96 valence electrons. The maximum Gasteiger partial charge on any atom is 0.275 e. The summed E-state index contributed by atoms with van der Waals surface area (Å²) in [5, 5.41) is 13.6. The van der Waals surface area contributed by atoms with Gasteiger partial charge in [0.2, 0.25) is 0 Å². The van der Waals surface area contributed by atoms with Gasteiger partial charge in [0, 0.05) is 18.0 Å². The highest BCUT2D eigenvalue weighted by Crippen LogP contribution is 2.20. The molecule has 0 radical (unpaired) electrons. The van der Waals surface area contributed by atoms with E-state index in [4.69, 9.17) is 0 Å². The number of para-hydroxylation sites is 1. The fourth-order valence-electron chi connectivity index (χ4n) is 1.52. The second-order valence-corrected chi connectivity index (χ2v) is 3.96. The number of hydrazone groups is 1. The number of phenols is 1. The third-order valence-corrected chi connectivity index (χ3v) is 2.55. The zero-order valence-electron chi connectivity index (χ0n) is 10.4. The average molecular weight is 255 g/mol. The van der Waals surface area contributed by atoms with Crippen molar-refractivity contribution in [2.24, 2.45) is 5.10 Å². The quantitative estimate of drug-likeness (QED) is 0.649. The number of pyridine rings is 1. The molecule has 0 spiro atoms. The minimum atomic E-state index is -0.457. The second kappa shape index (κ2) is 5.77. The summed E-state index contributed by atoms with van der Waals surface area (Å²) in [6, 6.07) is 8.55. The first-order chi connectivity index (χ1) is 9.18. The molecule has 1 heterocycles. The lowest BCUT2D eigenvalue weighted by Crippen LogP contribution is -2.17. The van der Waals surface area contributed by atoms with Crippen molar-refractivity contribution in [3.8, 4) is 5.75 Å². The molecule has 1 aromatic carbocycles. The third kappa shape index (κ3) is 3.16. The van der Waals surface area contributed by atoms with Crippen LogP contribution < -0.4 is 5.43 Å². The lowest BCUT2D eigenvalue weighted by Gasteiger charge is -2.04. The highest BCUT2D eigenvalue weighted by molar-refractivity contribution is 5.97. The molecule has 0 fully saturated rings. The number of aromatic hydroxyl groups is 1. The lowest BCUT2D eigenvalue weighted by molar-refractivity contribution is 0.0952. The van der Waals surface area contributed by atoms with Crippen LogP contribution in [0.4, 0.5) is 0 Å².